The van der Waals surface area contributed by atoms with Gasteiger partial charge < -0.3 is 24.8 Å². The first kappa shape index (κ1) is 27.0. The van der Waals surface area contributed by atoms with Crippen LogP contribution >= 0.6 is 0 Å². The van der Waals surface area contributed by atoms with E-state index < -0.39 is 46.0 Å². The molecule has 5 aliphatic rings. The summed E-state index contributed by atoms with van der Waals surface area (Å²) in [5.41, 5.74) is -1.51. The first-order valence-electron chi connectivity index (χ1n) is 13.4. The molecule has 0 radical (unpaired) electrons. The molecule has 4 aliphatic carbocycles. The Balaban J connectivity index is 0.000000278. The van der Waals surface area contributed by atoms with Gasteiger partial charge in [-0.15, -0.1) is 0 Å². The molecule has 0 bridgehead atoms. The maximum absolute atomic E-state index is 14.1. The van der Waals surface area contributed by atoms with Gasteiger partial charge in [-0.1, -0.05) is 45.9 Å². The summed E-state index contributed by atoms with van der Waals surface area (Å²) in [6.07, 6.45) is -0.778. The third kappa shape index (κ3) is 2.89. The molecule has 8 heteroatoms. The predicted molar refractivity (Wildman–Crippen MR) is 137 cm³/mol. The minimum Gasteiger partial charge on any atom is -0.478 e. The molecule has 3 unspecified atom stereocenters. The van der Waals surface area contributed by atoms with Crippen molar-refractivity contribution in [2.24, 2.45) is 34.0 Å². The molecule has 1 aromatic carbocycles. The molecule has 8 nitrogen and oxygen atoms in total. The second-order valence-electron chi connectivity index (χ2n) is 12.3. The number of esters is 1. The SMILES string of the molecule is CC(=O)O[C@H]1C(=O)[C@]2(C)C(C)C[C@H]3OC[C@H]3C23C(C)[C@]2(O)C[C@H](O)C(C)=C1[C@]32C.O=C(O)c1ccccc1. The van der Waals surface area contributed by atoms with Crippen LogP contribution in [0, 0.1) is 34.0 Å². The Labute approximate surface area is 223 Å². The van der Waals surface area contributed by atoms with Crippen LogP contribution in [0.3, 0.4) is 0 Å². The van der Waals surface area contributed by atoms with Crippen LogP contribution < -0.4 is 0 Å². The summed E-state index contributed by atoms with van der Waals surface area (Å²) < 4.78 is 11.6. The number of carboxylic acid groups (broad SMARTS) is 1. The number of fused-ring (bicyclic) bond motifs is 1. The molecule has 10 atom stereocenters. The normalized spacial score (nSPS) is 46.2. The van der Waals surface area contributed by atoms with Crippen molar-refractivity contribution < 1.29 is 39.2 Å². The number of carbonyl (C=O) groups is 3. The van der Waals surface area contributed by atoms with Gasteiger partial charge in [0.05, 0.1) is 30.0 Å². The number of rotatable bonds is 2. The second-order valence-corrected chi connectivity index (χ2v) is 12.3. The molecule has 3 saturated carbocycles. The highest BCUT2D eigenvalue weighted by molar-refractivity contribution is 5.97. The average molecular weight is 527 g/mol. The van der Waals surface area contributed by atoms with E-state index in [9.17, 15) is 24.6 Å². The van der Waals surface area contributed by atoms with Crippen LogP contribution in [0.2, 0.25) is 0 Å². The smallest absolute Gasteiger partial charge is 0.335 e. The van der Waals surface area contributed by atoms with Crippen molar-refractivity contribution in [1.29, 1.82) is 0 Å². The van der Waals surface area contributed by atoms with Crippen LogP contribution in [-0.4, -0.2) is 63.6 Å². The minimum absolute atomic E-state index is 0.0344. The van der Waals surface area contributed by atoms with E-state index in [-0.39, 0.29) is 36.1 Å². The zero-order valence-corrected chi connectivity index (χ0v) is 22.9. The molecule has 0 aromatic heterocycles. The molecule has 4 fully saturated rings. The van der Waals surface area contributed by atoms with Gasteiger partial charge in [-0.25, -0.2) is 4.79 Å². The fourth-order valence-electron chi connectivity index (χ4n) is 9.58. The molecule has 1 aliphatic heterocycles. The summed E-state index contributed by atoms with van der Waals surface area (Å²) >= 11 is 0. The first-order valence-corrected chi connectivity index (χ1v) is 13.4. The topological polar surface area (TPSA) is 130 Å². The van der Waals surface area contributed by atoms with E-state index in [2.05, 4.69) is 6.92 Å². The van der Waals surface area contributed by atoms with Crippen molar-refractivity contribution in [3.63, 3.8) is 0 Å². The van der Waals surface area contributed by atoms with Crippen LogP contribution in [0.15, 0.2) is 41.5 Å². The molecule has 1 saturated heterocycles. The Kier molecular flexibility index (Phi) is 6.03. The van der Waals surface area contributed by atoms with Crippen molar-refractivity contribution in [2.45, 2.75) is 78.3 Å². The Morgan fingerprint density at radius 3 is 2.26 bits per heavy atom. The lowest BCUT2D eigenvalue weighted by Gasteiger charge is -2.86. The van der Waals surface area contributed by atoms with E-state index >= 15 is 0 Å². The van der Waals surface area contributed by atoms with Gasteiger partial charge in [-0.05, 0) is 48.5 Å². The van der Waals surface area contributed by atoms with Crippen molar-refractivity contribution >= 4 is 17.7 Å². The second kappa shape index (κ2) is 8.47. The number of ketones is 1. The van der Waals surface area contributed by atoms with Gasteiger partial charge >= 0.3 is 11.9 Å². The lowest BCUT2D eigenvalue weighted by atomic mass is 9.19. The Bertz CT molecular complexity index is 1220. The Hall–Kier alpha value is -2.55. The maximum Gasteiger partial charge on any atom is 0.335 e. The summed E-state index contributed by atoms with van der Waals surface area (Å²) in [6, 6.07) is 8.30. The highest BCUT2D eigenvalue weighted by atomic mass is 16.5. The number of hydrogen-bond donors (Lipinski definition) is 3. The Morgan fingerprint density at radius 1 is 1.13 bits per heavy atom. The van der Waals surface area contributed by atoms with Crippen molar-refractivity contribution in [3.05, 3.63) is 47.0 Å². The van der Waals surface area contributed by atoms with Gasteiger partial charge in [-0.3, -0.25) is 9.59 Å². The molecule has 38 heavy (non-hydrogen) atoms. The zero-order chi connectivity index (χ0) is 28.0. The largest absolute Gasteiger partial charge is 0.478 e. The van der Waals surface area contributed by atoms with Crippen molar-refractivity contribution in [1.82, 2.24) is 0 Å². The zero-order valence-electron chi connectivity index (χ0n) is 22.9. The number of aliphatic hydroxyl groups excluding tert-OH is 1. The molecule has 6 rings (SSSR count). The van der Waals surface area contributed by atoms with E-state index in [4.69, 9.17) is 14.6 Å². The molecule has 3 N–H and O–H groups in total. The number of aromatic carboxylic acids is 1. The number of Topliss-reactive ketones (excluding diaryl/α,β-unsaturated/α-hetero) is 1. The fraction of sp³-hybridized carbons (Fsp3) is 0.633. The lowest BCUT2D eigenvalue weighted by Crippen LogP contribution is -2.91. The number of hydrogen-bond acceptors (Lipinski definition) is 7. The van der Waals surface area contributed by atoms with Crippen molar-refractivity contribution in [3.8, 4) is 0 Å². The van der Waals surface area contributed by atoms with Gasteiger partial charge in [0.1, 0.15) is 0 Å². The summed E-state index contributed by atoms with van der Waals surface area (Å²) in [4.78, 5) is 36.3. The predicted octanol–water partition coefficient (Wildman–Crippen LogP) is 3.40. The quantitative estimate of drug-likeness (QED) is 0.395. The first-order chi connectivity index (χ1) is 17.7. The highest BCUT2D eigenvalue weighted by Crippen LogP contribution is 2.86. The summed E-state index contributed by atoms with van der Waals surface area (Å²) in [7, 11) is 0. The number of carboxylic acids is 1. The van der Waals surface area contributed by atoms with E-state index in [1.54, 1.807) is 30.3 Å². The number of carbonyl (C=O) groups excluding carboxylic acids is 2. The third-order valence-electron chi connectivity index (χ3n) is 11.3. The van der Waals surface area contributed by atoms with Crippen LogP contribution in [0.1, 0.15) is 64.7 Å². The van der Waals surface area contributed by atoms with Gasteiger partial charge in [-0.2, -0.15) is 0 Å². The van der Waals surface area contributed by atoms with Gasteiger partial charge in [0, 0.05) is 35.5 Å². The highest BCUT2D eigenvalue weighted by Gasteiger charge is 2.91. The molecule has 206 valence electrons. The number of ether oxygens (including phenoxy) is 2. The molecular weight excluding hydrogens is 488 g/mol. The van der Waals surface area contributed by atoms with E-state index in [0.29, 0.717) is 23.3 Å². The van der Waals surface area contributed by atoms with Crippen molar-refractivity contribution in [2.75, 3.05) is 6.61 Å². The molecule has 1 spiro atoms. The fourth-order valence-corrected chi connectivity index (χ4v) is 9.58. The maximum atomic E-state index is 14.1. The molecule has 1 aromatic rings. The van der Waals surface area contributed by atoms with Gasteiger partial charge in [0.25, 0.3) is 0 Å². The van der Waals surface area contributed by atoms with Crippen LogP contribution in [0.5, 0.6) is 0 Å². The van der Waals surface area contributed by atoms with Crippen LogP contribution in [0.4, 0.5) is 0 Å². The summed E-state index contributed by atoms with van der Waals surface area (Å²) in [6.45, 7) is 11.9. The van der Waals surface area contributed by atoms with E-state index in [0.717, 1.165) is 6.42 Å². The molecule has 1 heterocycles. The van der Waals surface area contributed by atoms with E-state index in [1.165, 1.54) is 6.92 Å². The minimum atomic E-state index is -1.15. The van der Waals surface area contributed by atoms with Gasteiger partial charge in [0.15, 0.2) is 11.9 Å². The monoisotopic (exact) mass is 526 g/mol. The molecule has 0 amide bonds. The van der Waals surface area contributed by atoms with Crippen LogP contribution in [0.25, 0.3) is 0 Å². The summed E-state index contributed by atoms with van der Waals surface area (Å²) in [5.74, 6) is -1.45. The lowest BCUT2D eigenvalue weighted by molar-refractivity contribution is -0.414. The summed E-state index contributed by atoms with van der Waals surface area (Å²) in [5, 5.41) is 31.1. The number of benzene rings is 1. The standard InChI is InChI=1S/C23H32O6.C7H6O2/c1-10-7-16-14(9-28-16)23-12(3)22(27)8-15(25)11(2)17(21(22,23)6)18(29-13(4)24)19(26)20(10,23)5;8-7(9)6-4-2-1-3-5-6/h10,12,14-16,18,25,27H,7-9H2,1-6H3;1-5H,(H,8,9)/t10?,12?,14-,15+,16-,18-,20+,21+,22-,23?;/m1./s1. The van der Waals surface area contributed by atoms with Gasteiger partial charge in [0.2, 0.25) is 0 Å². The average Bonchev–Trinajstić information content (AvgIpc) is 2.85. The number of aliphatic hydroxyl groups is 2. The van der Waals surface area contributed by atoms with Crippen LogP contribution in [-0.2, 0) is 19.1 Å². The third-order valence-corrected chi connectivity index (χ3v) is 11.3. The molecular formula is C30H38O8. The Morgan fingerprint density at radius 2 is 1.76 bits per heavy atom. The van der Waals surface area contributed by atoms with E-state index in [1.807, 2.05) is 27.7 Å².